The van der Waals surface area contributed by atoms with E-state index in [0.29, 0.717) is 0 Å². The molecule has 78 valence electrons. The van der Waals surface area contributed by atoms with Crippen LogP contribution in [-0.2, 0) is 6.54 Å². The Balaban J connectivity index is 2.75. The van der Waals surface area contributed by atoms with Crippen LogP contribution in [0.3, 0.4) is 0 Å². The lowest BCUT2D eigenvalue weighted by atomic mass is 10.1. The molecule has 0 atom stereocenters. The van der Waals surface area contributed by atoms with E-state index < -0.39 is 0 Å². The maximum absolute atomic E-state index is 2.44. The fourth-order valence-electron chi connectivity index (χ4n) is 1.87. The van der Waals surface area contributed by atoms with E-state index in [1.807, 2.05) is 0 Å². The van der Waals surface area contributed by atoms with Crippen molar-refractivity contribution in [3.63, 3.8) is 0 Å². The van der Waals surface area contributed by atoms with Gasteiger partial charge in [-0.3, -0.25) is 4.90 Å². The van der Waals surface area contributed by atoms with Crippen LogP contribution in [0.15, 0.2) is 18.2 Å². The molecule has 0 bridgehead atoms. The van der Waals surface area contributed by atoms with Gasteiger partial charge in [-0.15, -0.1) is 0 Å². The molecule has 14 heavy (non-hydrogen) atoms. The molecule has 0 unspecified atom stereocenters. The number of hydrogen-bond donors (Lipinski definition) is 0. The smallest absolute Gasteiger partial charge is 0.0233 e. The lowest BCUT2D eigenvalue weighted by molar-refractivity contribution is 0.296. The fraction of sp³-hybridized carbons (Fsp3) is 0.538. The van der Waals surface area contributed by atoms with Crippen LogP contribution in [0.2, 0.25) is 0 Å². The molecule has 1 heteroatoms. The Morgan fingerprint density at radius 1 is 0.929 bits per heavy atom. The van der Waals surface area contributed by atoms with E-state index in [2.05, 4.69) is 50.8 Å². The van der Waals surface area contributed by atoms with Gasteiger partial charge in [0.1, 0.15) is 0 Å². The Labute approximate surface area is 87.7 Å². The molecule has 0 saturated carbocycles. The Morgan fingerprint density at radius 2 is 1.43 bits per heavy atom. The van der Waals surface area contributed by atoms with E-state index in [1.165, 1.54) is 16.7 Å². The number of benzene rings is 1. The maximum Gasteiger partial charge on any atom is 0.0233 e. The lowest BCUT2D eigenvalue weighted by Crippen LogP contribution is -2.22. The van der Waals surface area contributed by atoms with E-state index >= 15 is 0 Å². The minimum absolute atomic E-state index is 1.08. The van der Waals surface area contributed by atoms with Gasteiger partial charge in [-0.1, -0.05) is 43.2 Å². The molecule has 0 spiro atoms. The summed E-state index contributed by atoms with van der Waals surface area (Å²) in [7, 11) is 0. The second-order valence-corrected chi connectivity index (χ2v) is 3.96. The Morgan fingerprint density at radius 3 is 1.86 bits per heavy atom. The van der Waals surface area contributed by atoms with Crippen molar-refractivity contribution in [3.05, 3.63) is 34.9 Å². The van der Waals surface area contributed by atoms with E-state index in [9.17, 15) is 0 Å². The molecule has 0 aliphatic heterocycles. The number of rotatable bonds is 4. The van der Waals surface area contributed by atoms with Gasteiger partial charge < -0.3 is 0 Å². The molecular weight excluding hydrogens is 170 g/mol. The number of nitrogens with zero attached hydrogens (tertiary/aromatic N) is 1. The molecule has 0 fully saturated rings. The summed E-state index contributed by atoms with van der Waals surface area (Å²) >= 11 is 0. The van der Waals surface area contributed by atoms with Gasteiger partial charge in [0.15, 0.2) is 0 Å². The Hall–Kier alpha value is -0.820. The van der Waals surface area contributed by atoms with Crippen LogP contribution < -0.4 is 0 Å². The first-order valence-electron chi connectivity index (χ1n) is 5.45. The van der Waals surface area contributed by atoms with Gasteiger partial charge in [-0.25, -0.2) is 0 Å². The summed E-state index contributed by atoms with van der Waals surface area (Å²) in [6.07, 6.45) is 0. The average Bonchev–Trinajstić information content (AvgIpc) is 2.12. The fourth-order valence-corrected chi connectivity index (χ4v) is 1.87. The molecule has 0 radical (unpaired) electrons. The second-order valence-electron chi connectivity index (χ2n) is 3.96. The molecular formula is C13H21N. The molecule has 1 nitrogen and oxygen atoms in total. The van der Waals surface area contributed by atoms with Crippen molar-refractivity contribution in [2.45, 2.75) is 34.2 Å². The van der Waals surface area contributed by atoms with E-state index in [4.69, 9.17) is 0 Å². The first kappa shape index (κ1) is 11.3. The van der Waals surface area contributed by atoms with Crippen LogP contribution in [0.4, 0.5) is 0 Å². The minimum atomic E-state index is 1.08. The number of aryl methyl sites for hydroxylation is 2. The van der Waals surface area contributed by atoms with Gasteiger partial charge in [0.05, 0.1) is 0 Å². The lowest BCUT2D eigenvalue weighted by Gasteiger charge is -2.18. The highest BCUT2D eigenvalue weighted by molar-refractivity contribution is 5.28. The molecule has 0 heterocycles. The summed E-state index contributed by atoms with van der Waals surface area (Å²) in [4.78, 5) is 2.44. The zero-order chi connectivity index (χ0) is 10.6. The van der Waals surface area contributed by atoms with Crippen LogP contribution in [-0.4, -0.2) is 18.0 Å². The standard InChI is InChI=1S/C13H21N/c1-5-14(6-2)10-13-8-11(3)7-12(4)9-13/h7-9H,5-6,10H2,1-4H3. The number of hydrogen-bond acceptors (Lipinski definition) is 1. The van der Waals surface area contributed by atoms with Crippen molar-refractivity contribution >= 4 is 0 Å². The van der Waals surface area contributed by atoms with E-state index in [0.717, 1.165) is 19.6 Å². The summed E-state index contributed by atoms with van der Waals surface area (Å²) < 4.78 is 0. The highest BCUT2D eigenvalue weighted by Crippen LogP contribution is 2.11. The van der Waals surface area contributed by atoms with Crippen LogP contribution in [0.5, 0.6) is 0 Å². The molecule has 1 rings (SSSR count). The third-order valence-corrected chi connectivity index (χ3v) is 2.58. The largest absolute Gasteiger partial charge is 0.300 e. The van der Waals surface area contributed by atoms with E-state index in [-0.39, 0.29) is 0 Å². The zero-order valence-electron chi connectivity index (χ0n) is 9.80. The van der Waals surface area contributed by atoms with Gasteiger partial charge in [0, 0.05) is 6.54 Å². The molecule has 0 aromatic heterocycles. The quantitative estimate of drug-likeness (QED) is 0.706. The first-order valence-corrected chi connectivity index (χ1v) is 5.45. The molecule has 1 aromatic rings. The summed E-state index contributed by atoms with van der Waals surface area (Å²) in [5.74, 6) is 0. The van der Waals surface area contributed by atoms with Crippen molar-refractivity contribution < 1.29 is 0 Å². The van der Waals surface area contributed by atoms with Crippen molar-refractivity contribution in [3.8, 4) is 0 Å². The second kappa shape index (κ2) is 5.16. The van der Waals surface area contributed by atoms with Crippen molar-refractivity contribution in [2.24, 2.45) is 0 Å². The monoisotopic (exact) mass is 191 g/mol. The summed E-state index contributed by atoms with van der Waals surface area (Å²) in [6.45, 7) is 12.1. The summed E-state index contributed by atoms with van der Waals surface area (Å²) in [5, 5.41) is 0. The third kappa shape index (κ3) is 3.15. The molecule has 0 N–H and O–H groups in total. The highest BCUT2D eigenvalue weighted by Gasteiger charge is 2.01. The molecule has 0 amide bonds. The zero-order valence-corrected chi connectivity index (χ0v) is 9.80. The van der Waals surface area contributed by atoms with E-state index in [1.54, 1.807) is 0 Å². The van der Waals surface area contributed by atoms with Gasteiger partial charge >= 0.3 is 0 Å². The first-order chi connectivity index (χ1) is 6.65. The van der Waals surface area contributed by atoms with Crippen molar-refractivity contribution in [1.29, 1.82) is 0 Å². The van der Waals surface area contributed by atoms with Gasteiger partial charge in [0.25, 0.3) is 0 Å². The Kier molecular flexibility index (Phi) is 4.15. The summed E-state index contributed by atoms with van der Waals surface area (Å²) in [6, 6.07) is 6.79. The maximum atomic E-state index is 2.44. The molecule has 1 aromatic carbocycles. The summed E-state index contributed by atoms with van der Waals surface area (Å²) in [5.41, 5.74) is 4.17. The van der Waals surface area contributed by atoms with Gasteiger partial charge in [0.2, 0.25) is 0 Å². The van der Waals surface area contributed by atoms with Crippen LogP contribution in [0, 0.1) is 13.8 Å². The molecule has 0 saturated heterocycles. The SMILES string of the molecule is CCN(CC)Cc1cc(C)cc(C)c1. The highest BCUT2D eigenvalue weighted by atomic mass is 15.1. The van der Waals surface area contributed by atoms with Gasteiger partial charge in [-0.2, -0.15) is 0 Å². The average molecular weight is 191 g/mol. The van der Waals surface area contributed by atoms with Crippen LogP contribution >= 0.6 is 0 Å². The molecule has 0 aliphatic rings. The minimum Gasteiger partial charge on any atom is -0.300 e. The Bertz CT molecular complexity index is 267. The van der Waals surface area contributed by atoms with Gasteiger partial charge in [-0.05, 0) is 32.5 Å². The van der Waals surface area contributed by atoms with Crippen molar-refractivity contribution in [2.75, 3.05) is 13.1 Å². The topological polar surface area (TPSA) is 3.24 Å². The predicted octanol–water partition coefficient (Wildman–Crippen LogP) is 3.15. The normalized spacial score (nSPS) is 10.9. The van der Waals surface area contributed by atoms with Crippen LogP contribution in [0.25, 0.3) is 0 Å². The predicted molar refractivity (Wildman–Crippen MR) is 62.5 cm³/mol. The molecule has 0 aliphatic carbocycles. The van der Waals surface area contributed by atoms with Crippen molar-refractivity contribution in [1.82, 2.24) is 4.90 Å². The third-order valence-electron chi connectivity index (χ3n) is 2.58. The van der Waals surface area contributed by atoms with Crippen LogP contribution in [0.1, 0.15) is 30.5 Å².